The van der Waals surface area contributed by atoms with Crippen molar-refractivity contribution in [1.29, 1.82) is 0 Å². The first-order valence-corrected chi connectivity index (χ1v) is 4.91. The molecule has 0 spiro atoms. The number of pyridine rings is 1. The van der Waals surface area contributed by atoms with Crippen LogP contribution in [0.5, 0.6) is 0 Å². The normalized spacial score (nSPS) is 10.3. The van der Waals surface area contributed by atoms with Gasteiger partial charge in [0.05, 0.1) is 12.1 Å². The molecule has 0 amide bonds. The maximum absolute atomic E-state index is 11.8. The van der Waals surface area contributed by atoms with Crippen molar-refractivity contribution in [2.24, 2.45) is 0 Å². The quantitative estimate of drug-likeness (QED) is 0.814. The molecule has 2 rings (SSSR count). The van der Waals surface area contributed by atoms with Crippen LogP contribution in [0.15, 0.2) is 30.6 Å². The Hall–Kier alpha value is -2.17. The van der Waals surface area contributed by atoms with E-state index in [4.69, 9.17) is 5.73 Å². The van der Waals surface area contributed by atoms with E-state index in [9.17, 15) is 4.79 Å². The zero-order valence-electron chi connectivity index (χ0n) is 8.92. The molecule has 0 aliphatic carbocycles. The zero-order chi connectivity index (χ0) is 11.5. The largest absolute Gasteiger partial charge is 0.383 e. The molecular formula is C11H12N4O. The fourth-order valence-corrected chi connectivity index (χ4v) is 1.47. The van der Waals surface area contributed by atoms with E-state index in [-0.39, 0.29) is 12.3 Å². The lowest BCUT2D eigenvalue weighted by atomic mass is 10.2. The minimum Gasteiger partial charge on any atom is -0.383 e. The molecule has 2 aromatic rings. The molecule has 0 aromatic carbocycles. The number of carbonyl (C=O) groups excluding carboxylic acids is 1. The van der Waals surface area contributed by atoms with Gasteiger partial charge in [-0.1, -0.05) is 0 Å². The predicted molar refractivity (Wildman–Crippen MR) is 59.9 cm³/mol. The summed E-state index contributed by atoms with van der Waals surface area (Å²) < 4.78 is 1.23. The summed E-state index contributed by atoms with van der Waals surface area (Å²) in [6, 6.07) is 5.26. The molecule has 0 unspecified atom stereocenters. The predicted octanol–water partition coefficient (Wildman–Crippen LogP) is 1.05. The van der Waals surface area contributed by atoms with Crippen LogP contribution in [0.1, 0.15) is 16.1 Å². The molecule has 0 bridgehead atoms. The van der Waals surface area contributed by atoms with Crippen LogP contribution in [0.25, 0.3) is 0 Å². The summed E-state index contributed by atoms with van der Waals surface area (Å²) in [7, 11) is 0. The van der Waals surface area contributed by atoms with E-state index < -0.39 is 0 Å². The summed E-state index contributed by atoms with van der Waals surface area (Å²) in [4.78, 5) is 15.7. The molecule has 16 heavy (non-hydrogen) atoms. The van der Waals surface area contributed by atoms with Crippen LogP contribution in [0.4, 0.5) is 5.82 Å². The molecule has 2 aromatic heterocycles. The Bertz CT molecular complexity index is 504. The van der Waals surface area contributed by atoms with Gasteiger partial charge >= 0.3 is 0 Å². The fraction of sp³-hybridized carbons (Fsp3) is 0.182. The third-order valence-electron chi connectivity index (χ3n) is 2.20. The molecule has 0 atom stereocenters. The summed E-state index contributed by atoms with van der Waals surface area (Å²) in [5.74, 6) is 0.230. The summed E-state index contributed by atoms with van der Waals surface area (Å²) in [5, 5.41) is 4.03. The molecule has 0 aliphatic heterocycles. The maximum atomic E-state index is 11.8. The van der Waals surface area contributed by atoms with E-state index in [1.807, 2.05) is 0 Å². The lowest BCUT2D eigenvalue weighted by Crippen LogP contribution is -2.17. The van der Waals surface area contributed by atoms with Gasteiger partial charge in [0.15, 0.2) is 0 Å². The standard InChI is InChI=1S/C11H12N4O/c1-8-6-10(12)15(14-8)11(16)7-9-2-4-13-5-3-9/h2-6H,7,12H2,1H3. The van der Waals surface area contributed by atoms with E-state index in [0.717, 1.165) is 11.3 Å². The third-order valence-corrected chi connectivity index (χ3v) is 2.20. The minimum absolute atomic E-state index is 0.142. The number of nitrogens with two attached hydrogens (primary N) is 1. The Labute approximate surface area is 92.9 Å². The zero-order valence-corrected chi connectivity index (χ0v) is 8.92. The van der Waals surface area contributed by atoms with Gasteiger partial charge in [0.2, 0.25) is 0 Å². The topological polar surface area (TPSA) is 73.8 Å². The van der Waals surface area contributed by atoms with E-state index in [1.54, 1.807) is 37.5 Å². The molecular weight excluding hydrogens is 204 g/mol. The number of nitrogens with zero attached hydrogens (tertiary/aromatic N) is 3. The third kappa shape index (κ3) is 2.08. The highest BCUT2D eigenvalue weighted by atomic mass is 16.2. The molecule has 0 saturated carbocycles. The second-order valence-corrected chi connectivity index (χ2v) is 3.55. The molecule has 5 heteroatoms. The van der Waals surface area contributed by atoms with Crippen LogP contribution < -0.4 is 5.73 Å². The van der Waals surface area contributed by atoms with Crippen molar-refractivity contribution in [3.05, 3.63) is 41.9 Å². The monoisotopic (exact) mass is 216 g/mol. The first-order valence-electron chi connectivity index (χ1n) is 4.91. The number of hydrogen-bond donors (Lipinski definition) is 1. The average Bonchev–Trinajstić information content (AvgIpc) is 2.59. The average molecular weight is 216 g/mol. The number of anilines is 1. The summed E-state index contributed by atoms with van der Waals surface area (Å²) >= 11 is 0. The van der Waals surface area contributed by atoms with Crippen LogP contribution in [-0.2, 0) is 6.42 Å². The number of nitrogen functional groups attached to an aromatic ring is 1. The van der Waals surface area contributed by atoms with Crippen molar-refractivity contribution in [2.45, 2.75) is 13.3 Å². The highest BCUT2D eigenvalue weighted by Crippen LogP contribution is 2.07. The lowest BCUT2D eigenvalue weighted by molar-refractivity contribution is 0.0901. The molecule has 0 saturated heterocycles. The molecule has 2 heterocycles. The van der Waals surface area contributed by atoms with Crippen molar-refractivity contribution >= 4 is 11.7 Å². The van der Waals surface area contributed by atoms with Gasteiger partial charge in [0.1, 0.15) is 5.82 Å². The van der Waals surface area contributed by atoms with Crippen molar-refractivity contribution in [1.82, 2.24) is 14.8 Å². The molecule has 2 N–H and O–H groups in total. The van der Waals surface area contributed by atoms with Gasteiger partial charge < -0.3 is 5.73 Å². The lowest BCUT2D eigenvalue weighted by Gasteiger charge is -2.02. The van der Waals surface area contributed by atoms with Crippen molar-refractivity contribution in [2.75, 3.05) is 5.73 Å². The number of aromatic nitrogens is 3. The second-order valence-electron chi connectivity index (χ2n) is 3.55. The summed E-state index contributed by atoms with van der Waals surface area (Å²) in [6.07, 6.45) is 3.58. The van der Waals surface area contributed by atoms with Crippen LogP contribution in [0.3, 0.4) is 0 Å². The van der Waals surface area contributed by atoms with E-state index in [0.29, 0.717) is 5.82 Å². The molecule has 5 nitrogen and oxygen atoms in total. The van der Waals surface area contributed by atoms with Gasteiger partial charge in [-0.3, -0.25) is 9.78 Å². The highest BCUT2D eigenvalue weighted by Gasteiger charge is 2.11. The second kappa shape index (κ2) is 4.14. The Morgan fingerprint density at radius 1 is 1.44 bits per heavy atom. The first kappa shape index (κ1) is 10.4. The summed E-state index contributed by atoms with van der Waals surface area (Å²) in [6.45, 7) is 1.80. The van der Waals surface area contributed by atoms with Crippen molar-refractivity contribution in [3.8, 4) is 0 Å². The van der Waals surface area contributed by atoms with Gasteiger partial charge in [-0.25, -0.2) is 0 Å². The number of rotatable bonds is 2. The van der Waals surface area contributed by atoms with Gasteiger partial charge in [0.25, 0.3) is 5.91 Å². The minimum atomic E-state index is -0.142. The smallest absolute Gasteiger partial charge is 0.253 e. The van der Waals surface area contributed by atoms with Crippen molar-refractivity contribution in [3.63, 3.8) is 0 Å². The summed E-state index contributed by atoms with van der Waals surface area (Å²) in [5.41, 5.74) is 7.30. The molecule has 0 radical (unpaired) electrons. The van der Waals surface area contributed by atoms with Crippen LogP contribution in [0, 0.1) is 6.92 Å². The van der Waals surface area contributed by atoms with Gasteiger partial charge in [-0.05, 0) is 24.6 Å². The molecule has 0 aliphatic rings. The van der Waals surface area contributed by atoms with Gasteiger partial charge in [-0.15, -0.1) is 0 Å². The van der Waals surface area contributed by atoms with Gasteiger partial charge in [0, 0.05) is 18.5 Å². The Morgan fingerprint density at radius 3 is 2.69 bits per heavy atom. The van der Waals surface area contributed by atoms with E-state index in [2.05, 4.69) is 10.1 Å². The SMILES string of the molecule is Cc1cc(N)n(C(=O)Cc2ccncc2)n1. The van der Waals surface area contributed by atoms with E-state index in [1.165, 1.54) is 4.68 Å². The number of hydrogen-bond acceptors (Lipinski definition) is 4. The first-order chi connectivity index (χ1) is 7.66. The maximum Gasteiger partial charge on any atom is 0.253 e. The fourth-order valence-electron chi connectivity index (χ4n) is 1.47. The Kier molecular flexibility index (Phi) is 2.68. The van der Waals surface area contributed by atoms with E-state index >= 15 is 0 Å². The van der Waals surface area contributed by atoms with Crippen LogP contribution in [-0.4, -0.2) is 20.7 Å². The number of carbonyl (C=O) groups is 1. The Morgan fingerprint density at radius 2 is 2.12 bits per heavy atom. The van der Waals surface area contributed by atoms with Crippen molar-refractivity contribution < 1.29 is 4.79 Å². The molecule has 82 valence electrons. The Balaban J connectivity index is 2.18. The highest BCUT2D eigenvalue weighted by molar-refractivity contribution is 5.83. The number of aryl methyl sites for hydroxylation is 1. The van der Waals surface area contributed by atoms with Crippen LogP contribution in [0.2, 0.25) is 0 Å². The van der Waals surface area contributed by atoms with Crippen LogP contribution >= 0.6 is 0 Å². The molecule has 0 fully saturated rings. The van der Waals surface area contributed by atoms with Gasteiger partial charge in [-0.2, -0.15) is 9.78 Å².